The minimum Gasteiger partial charge on any atom is -0.489 e. The minimum atomic E-state index is -1.03. The molecule has 1 amide bonds. The first-order valence-corrected chi connectivity index (χ1v) is 10.5. The molecule has 0 aromatic heterocycles. The van der Waals surface area contributed by atoms with Gasteiger partial charge >= 0.3 is 6.09 Å². The van der Waals surface area contributed by atoms with Gasteiger partial charge in [0.25, 0.3) is 0 Å². The summed E-state index contributed by atoms with van der Waals surface area (Å²) in [5.74, 6) is 0.770. The fourth-order valence-electron chi connectivity index (χ4n) is 4.01. The summed E-state index contributed by atoms with van der Waals surface area (Å²) in [6.45, 7) is 0. The van der Waals surface area contributed by atoms with E-state index in [4.69, 9.17) is 27.9 Å². The topological polar surface area (TPSA) is 58.6 Å². The number of nitrogens with one attached hydrogen (secondary N) is 1. The van der Waals surface area contributed by atoms with E-state index in [-0.39, 0.29) is 12.1 Å². The molecule has 0 spiro atoms. The number of amides is 1. The highest BCUT2D eigenvalue weighted by Crippen LogP contribution is 2.44. The molecule has 0 saturated carbocycles. The van der Waals surface area contributed by atoms with Crippen LogP contribution in [0, 0.1) is 0 Å². The number of fused-ring (bicyclic) bond motifs is 1. The molecule has 30 heavy (non-hydrogen) atoms. The average molecular weight is 442 g/mol. The van der Waals surface area contributed by atoms with Crippen molar-refractivity contribution in [2.75, 3.05) is 0 Å². The van der Waals surface area contributed by atoms with Gasteiger partial charge in [-0.3, -0.25) is 0 Å². The van der Waals surface area contributed by atoms with Crippen LogP contribution in [0.3, 0.4) is 0 Å². The third-order valence-corrected chi connectivity index (χ3v) is 5.89. The number of ether oxygens (including phenoxy) is 1. The molecular weight excluding hydrogens is 421 g/mol. The number of carboxylic acid groups (broad SMARTS) is 1. The lowest BCUT2D eigenvalue weighted by atomic mass is 9.97. The standard InChI is InChI=1S/C24H21Cl2NO3/c25-20-10-5-11-21(26)22(20)19-9-4-8-16-13-18(30-23(16)19)14-17(27-24(28)29)12-15-6-2-1-3-7-15/h1-11,17-18,27H,12-14H2,(H,28,29). The zero-order valence-corrected chi connectivity index (χ0v) is 17.7. The van der Waals surface area contributed by atoms with Crippen molar-refractivity contribution >= 4 is 29.3 Å². The predicted octanol–water partition coefficient (Wildman–Crippen LogP) is 6.23. The van der Waals surface area contributed by atoms with Crippen molar-refractivity contribution in [2.45, 2.75) is 31.4 Å². The van der Waals surface area contributed by atoms with Crippen molar-refractivity contribution in [3.8, 4) is 16.9 Å². The first-order valence-electron chi connectivity index (χ1n) is 9.77. The Morgan fingerprint density at radius 2 is 1.73 bits per heavy atom. The first-order chi connectivity index (χ1) is 14.5. The van der Waals surface area contributed by atoms with Crippen molar-refractivity contribution < 1.29 is 14.6 Å². The second-order valence-corrected chi connectivity index (χ2v) is 8.22. The summed E-state index contributed by atoms with van der Waals surface area (Å²) < 4.78 is 6.30. The van der Waals surface area contributed by atoms with Gasteiger partial charge in [-0.25, -0.2) is 4.79 Å². The first kappa shape index (κ1) is 20.6. The fraction of sp³-hybridized carbons (Fsp3) is 0.208. The molecule has 6 heteroatoms. The van der Waals surface area contributed by atoms with Gasteiger partial charge in [0.15, 0.2) is 0 Å². The Balaban J connectivity index is 1.56. The van der Waals surface area contributed by atoms with Crippen molar-refractivity contribution in [3.05, 3.63) is 87.9 Å². The van der Waals surface area contributed by atoms with Crippen LogP contribution in [-0.2, 0) is 12.8 Å². The molecular formula is C24H21Cl2NO3. The molecule has 1 heterocycles. The molecule has 154 valence electrons. The molecule has 0 radical (unpaired) electrons. The summed E-state index contributed by atoms with van der Waals surface area (Å²) >= 11 is 12.8. The van der Waals surface area contributed by atoms with E-state index in [9.17, 15) is 9.90 Å². The van der Waals surface area contributed by atoms with E-state index in [1.165, 1.54) is 0 Å². The van der Waals surface area contributed by atoms with Crippen LogP contribution in [0.2, 0.25) is 10.0 Å². The quantitative estimate of drug-likeness (QED) is 0.476. The molecule has 3 aromatic carbocycles. The van der Waals surface area contributed by atoms with Crippen LogP contribution in [0.4, 0.5) is 4.79 Å². The average Bonchev–Trinajstić information content (AvgIpc) is 3.11. The lowest BCUT2D eigenvalue weighted by Gasteiger charge is -2.21. The molecule has 2 N–H and O–H groups in total. The van der Waals surface area contributed by atoms with E-state index >= 15 is 0 Å². The van der Waals surface area contributed by atoms with Gasteiger partial charge in [-0.1, -0.05) is 77.8 Å². The highest BCUT2D eigenvalue weighted by atomic mass is 35.5. The maximum atomic E-state index is 11.3. The third-order valence-electron chi connectivity index (χ3n) is 5.26. The molecule has 2 atom stereocenters. The molecule has 0 fully saturated rings. The van der Waals surface area contributed by atoms with Crippen LogP contribution in [-0.4, -0.2) is 23.3 Å². The Bertz CT molecular complexity index is 1040. The van der Waals surface area contributed by atoms with Gasteiger partial charge in [0.1, 0.15) is 11.9 Å². The van der Waals surface area contributed by atoms with Crippen LogP contribution in [0.1, 0.15) is 17.5 Å². The van der Waals surface area contributed by atoms with Gasteiger partial charge < -0.3 is 15.2 Å². The summed E-state index contributed by atoms with van der Waals surface area (Å²) in [7, 11) is 0. The molecule has 4 rings (SSSR count). The number of hydrogen-bond donors (Lipinski definition) is 2. The summed E-state index contributed by atoms with van der Waals surface area (Å²) in [4.78, 5) is 11.3. The van der Waals surface area contributed by atoms with Crippen molar-refractivity contribution in [2.24, 2.45) is 0 Å². The number of rotatable bonds is 6. The summed E-state index contributed by atoms with van der Waals surface area (Å²) in [5, 5.41) is 13.1. The molecule has 0 saturated heterocycles. The Morgan fingerprint density at radius 3 is 2.43 bits per heavy atom. The van der Waals surface area contributed by atoms with Crippen molar-refractivity contribution in [3.63, 3.8) is 0 Å². The number of halogens is 2. The molecule has 3 aromatic rings. The van der Waals surface area contributed by atoms with Crippen LogP contribution < -0.4 is 10.1 Å². The monoisotopic (exact) mass is 441 g/mol. The normalized spacial score (nSPS) is 15.9. The highest BCUT2D eigenvalue weighted by Gasteiger charge is 2.29. The lowest BCUT2D eigenvalue weighted by Crippen LogP contribution is -2.39. The smallest absolute Gasteiger partial charge is 0.404 e. The van der Waals surface area contributed by atoms with Gasteiger partial charge in [-0.2, -0.15) is 0 Å². The van der Waals surface area contributed by atoms with Crippen molar-refractivity contribution in [1.29, 1.82) is 0 Å². The molecule has 4 nitrogen and oxygen atoms in total. The van der Waals surface area contributed by atoms with Gasteiger partial charge in [-0.05, 0) is 29.7 Å². The second kappa shape index (κ2) is 8.99. The SMILES string of the molecule is O=C(O)NC(Cc1ccccc1)CC1Cc2cccc(-c3c(Cl)cccc3Cl)c2O1. The highest BCUT2D eigenvalue weighted by molar-refractivity contribution is 6.39. The Kier molecular flexibility index (Phi) is 6.16. The number of para-hydroxylation sites is 1. The molecule has 1 aliphatic heterocycles. The van der Waals surface area contributed by atoms with E-state index in [0.717, 1.165) is 28.0 Å². The van der Waals surface area contributed by atoms with Crippen LogP contribution in [0.15, 0.2) is 66.7 Å². The van der Waals surface area contributed by atoms with E-state index < -0.39 is 6.09 Å². The summed E-state index contributed by atoms with van der Waals surface area (Å²) in [6.07, 6.45) is 0.702. The van der Waals surface area contributed by atoms with Crippen LogP contribution >= 0.6 is 23.2 Å². The van der Waals surface area contributed by atoms with E-state index in [1.54, 1.807) is 12.1 Å². The molecule has 0 aliphatic carbocycles. The summed E-state index contributed by atoms with van der Waals surface area (Å²) in [5.41, 5.74) is 3.76. The van der Waals surface area contributed by atoms with Gasteiger partial charge in [0, 0.05) is 30.0 Å². The predicted molar refractivity (Wildman–Crippen MR) is 120 cm³/mol. The van der Waals surface area contributed by atoms with Gasteiger partial charge in [-0.15, -0.1) is 0 Å². The van der Waals surface area contributed by atoms with E-state index in [0.29, 0.717) is 29.3 Å². The minimum absolute atomic E-state index is 0.136. The third kappa shape index (κ3) is 4.55. The molecule has 2 unspecified atom stereocenters. The molecule has 0 bridgehead atoms. The Labute approximate surface area is 185 Å². The van der Waals surface area contributed by atoms with E-state index in [2.05, 4.69) is 5.32 Å². The zero-order chi connectivity index (χ0) is 21.1. The largest absolute Gasteiger partial charge is 0.489 e. The number of benzene rings is 3. The zero-order valence-electron chi connectivity index (χ0n) is 16.1. The van der Waals surface area contributed by atoms with Crippen LogP contribution in [0.5, 0.6) is 5.75 Å². The molecule has 1 aliphatic rings. The number of carbonyl (C=O) groups is 1. The Morgan fingerprint density at radius 1 is 1.03 bits per heavy atom. The van der Waals surface area contributed by atoms with Gasteiger partial charge in [0.2, 0.25) is 0 Å². The maximum Gasteiger partial charge on any atom is 0.404 e. The maximum absolute atomic E-state index is 11.3. The van der Waals surface area contributed by atoms with Crippen LogP contribution in [0.25, 0.3) is 11.1 Å². The van der Waals surface area contributed by atoms with E-state index in [1.807, 2.05) is 54.6 Å². The Hall–Kier alpha value is -2.69. The van der Waals surface area contributed by atoms with Crippen molar-refractivity contribution in [1.82, 2.24) is 5.32 Å². The second-order valence-electron chi connectivity index (χ2n) is 7.41. The van der Waals surface area contributed by atoms with Gasteiger partial charge in [0.05, 0.1) is 10.0 Å². The lowest BCUT2D eigenvalue weighted by molar-refractivity contribution is 0.175. The summed E-state index contributed by atoms with van der Waals surface area (Å²) in [6, 6.07) is 21.0. The fourth-order valence-corrected chi connectivity index (χ4v) is 4.61. The number of hydrogen-bond acceptors (Lipinski definition) is 2.